The van der Waals surface area contributed by atoms with Gasteiger partial charge in [0.2, 0.25) is 0 Å². The van der Waals surface area contributed by atoms with E-state index in [1.54, 1.807) is 55.5 Å². The zero-order valence-electron chi connectivity index (χ0n) is 13.2. The van der Waals surface area contributed by atoms with Crippen molar-refractivity contribution >= 4 is 23.9 Å². The summed E-state index contributed by atoms with van der Waals surface area (Å²) in [4.78, 5) is 33.9. The minimum Gasteiger partial charge on any atom is -0.484 e. The highest BCUT2D eigenvalue weighted by Crippen LogP contribution is 2.13. The van der Waals surface area contributed by atoms with Gasteiger partial charge in [-0.05, 0) is 55.5 Å². The third kappa shape index (κ3) is 4.95. The Labute approximate surface area is 139 Å². The quantitative estimate of drug-likeness (QED) is 0.624. The Kier molecular flexibility index (Phi) is 6.08. The number of esters is 1. The van der Waals surface area contributed by atoms with E-state index in [0.29, 0.717) is 29.2 Å². The van der Waals surface area contributed by atoms with Crippen LogP contribution in [0.5, 0.6) is 5.75 Å². The molecule has 0 aliphatic rings. The number of carbonyl (C=O) groups is 3. The first-order valence-corrected chi connectivity index (χ1v) is 7.37. The number of hydrogen-bond donors (Lipinski definition) is 1. The highest BCUT2D eigenvalue weighted by Gasteiger charge is 2.07. The lowest BCUT2D eigenvalue weighted by atomic mass is 10.2. The summed E-state index contributed by atoms with van der Waals surface area (Å²) in [7, 11) is 0. The SMILES string of the molecule is CCOC(=O)c1ccc(NC(=O)COc2ccc(C=O)cc2)cc1. The van der Waals surface area contributed by atoms with Crippen molar-refractivity contribution in [1.82, 2.24) is 0 Å². The van der Waals surface area contributed by atoms with Gasteiger partial charge >= 0.3 is 5.97 Å². The summed E-state index contributed by atoms with van der Waals surface area (Å²) in [5.41, 5.74) is 1.50. The van der Waals surface area contributed by atoms with E-state index in [9.17, 15) is 14.4 Å². The van der Waals surface area contributed by atoms with Crippen LogP contribution in [0, 0.1) is 0 Å². The third-order valence-corrected chi connectivity index (χ3v) is 3.07. The van der Waals surface area contributed by atoms with Crippen LogP contribution in [0.25, 0.3) is 0 Å². The lowest BCUT2D eigenvalue weighted by Crippen LogP contribution is -2.20. The molecule has 2 aromatic rings. The molecule has 0 aromatic heterocycles. The summed E-state index contributed by atoms with van der Waals surface area (Å²) in [6, 6.07) is 12.8. The molecule has 124 valence electrons. The van der Waals surface area contributed by atoms with Gasteiger partial charge in [0.25, 0.3) is 5.91 Å². The lowest BCUT2D eigenvalue weighted by molar-refractivity contribution is -0.118. The normalized spacial score (nSPS) is 9.88. The topological polar surface area (TPSA) is 81.7 Å². The second-order valence-corrected chi connectivity index (χ2v) is 4.82. The van der Waals surface area contributed by atoms with Crippen LogP contribution in [0.4, 0.5) is 5.69 Å². The highest BCUT2D eigenvalue weighted by molar-refractivity contribution is 5.93. The van der Waals surface area contributed by atoms with Gasteiger partial charge in [-0.3, -0.25) is 9.59 Å². The maximum absolute atomic E-state index is 11.8. The van der Waals surface area contributed by atoms with E-state index in [1.165, 1.54) is 0 Å². The molecular weight excluding hydrogens is 310 g/mol. The molecule has 6 heteroatoms. The second kappa shape index (κ2) is 8.47. The van der Waals surface area contributed by atoms with Gasteiger partial charge in [0, 0.05) is 11.3 Å². The van der Waals surface area contributed by atoms with Crippen molar-refractivity contribution in [3.8, 4) is 5.75 Å². The minimum atomic E-state index is -0.405. The number of rotatable bonds is 7. The molecular formula is C18H17NO5. The summed E-state index contributed by atoms with van der Waals surface area (Å²) in [6.45, 7) is 1.88. The van der Waals surface area contributed by atoms with Crippen molar-refractivity contribution in [3.05, 3.63) is 59.7 Å². The molecule has 1 N–H and O–H groups in total. The summed E-state index contributed by atoms with van der Waals surface area (Å²) in [5, 5.41) is 2.66. The summed E-state index contributed by atoms with van der Waals surface area (Å²) < 4.78 is 10.2. The van der Waals surface area contributed by atoms with Gasteiger partial charge in [-0.15, -0.1) is 0 Å². The van der Waals surface area contributed by atoms with Crippen molar-refractivity contribution in [1.29, 1.82) is 0 Å². The molecule has 0 spiro atoms. The molecule has 1 amide bonds. The number of amides is 1. The van der Waals surface area contributed by atoms with Crippen molar-refractivity contribution < 1.29 is 23.9 Å². The molecule has 0 bridgehead atoms. The van der Waals surface area contributed by atoms with E-state index in [-0.39, 0.29) is 12.5 Å². The maximum atomic E-state index is 11.8. The zero-order valence-corrected chi connectivity index (χ0v) is 13.2. The van der Waals surface area contributed by atoms with Crippen LogP contribution < -0.4 is 10.1 Å². The van der Waals surface area contributed by atoms with E-state index in [1.807, 2.05) is 0 Å². The number of carbonyl (C=O) groups excluding carboxylic acids is 3. The first-order chi connectivity index (χ1) is 11.6. The van der Waals surface area contributed by atoms with E-state index < -0.39 is 5.97 Å². The molecule has 24 heavy (non-hydrogen) atoms. The number of nitrogens with one attached hydrogen (secondary N) is 1. The minimum absolute atomic E-state index is 0.167. The van der Waals surface area contributed by atoms with Crippen molar-refractivity contribution in [2.24, 2.45) is 0 Å². The van der Waals surface area contributed by atoms with E-state index in [0.717, 1.165) is 6.29 Å². The predicted octanol–water partition coefficient (Wildman–Crippen LogP) is 2.69. The Morgan fingerprint density at radius 3 is 2.29 bits per heavy atom. The Balaban J connectivity index is 1.85. The van der Waals surface area contributed by atoms with Gasteiger partial charge in [0.05, 0.1) is 12.2 Å². The molecule has 2 aromatic carbocycles. The van der Waals surface area contributed by atoms with Crippen LogP contribution in [0.15, 0.2) is 48.5 Å². The molecule has 0 heterocycles. The standard InChI is InChI=1S/C18H17NO5/c1-2-23-18(22)14-5-7-15(8-6-14)19-17(21)12-24-16-9-3-13(11-20)4-10-16/h3-11H,2,12H2,1H3,(H,19,21). The fraction of sp³-hybridized carbons (Fsp3) is 0.167. The molecule has 0 aliphatic carbocycles. The predicted molar refractivity (Wildman–Crippen MR) is 88.4 cm³/mol. The monoisotopic (exact) mass is 327 g/mol. The molecule has 0 saturated carbocycles. The largest absolute Gasteiger partial charge is 0.484 e. The maximum Gasteiger partial charge on any atom is 0.338 e. The van der Waals surface area contributed by atoms with Crippen molar-refractivity contribution in [3.63, 3.8) is 0 Å². The van der Waals surface area contributed by atoms with Crippen LogP contribution in [-0.2, 0) is 9.53 Å². The molecule has 0 saturated heterocycles. The van der Waals surface area contributed by atoms with Gasteiger partial charge < -0.3 is 14.8 Å². The average molecular weight is 327 g/mol. The van der Waals surface area contributed by atoms with Gasteiger partial charge in [0.1, 0.15) is 12.0 Å². The molecule has 0 atom stereocenters. The number of benzene rings is 2. The average Bonchev–Trinajstić information content (AvgIpc) is 2.61. The Hall–Kier alpha value is -3.15. The fourth-order valence-corrected chi connectivity index (χ4v) is 1.89. The van der Waals surface area contributed by atoms with Crippen molar-refractivity contribution in [2.75, 3.05) is 18.5 Å². The lowest BCUT2D eigenvalue weighted by Gasteiger charge is -2.08. The van der Waals surface area contributed by atoms with Gasteiger partial charge in [-0.2, -0.15) is 0 Å². The first kappa shape index (κ1) is 17.2. The summed E-state index contributed by atoms with van der Waals surface area (Å²) in [6.07, 6.45) is 0.733. The number of anilines is 1. The van der Waals surface area contributed by atoms with E-state index in [2.05, 4.69) is 5.32 Å². The molecule has 2 rings (SSSR count). The second-order valence-electron chi connectivity index (χ2n) is 4.82. The number of aldehydes is 1. The van der Waals surface area contributed by atoms with Crippen molar-refractivity contribution in [2.45, 2.75) is 6.92 Å². The number of ether oxygens (including phenoxy) is 2. The first-order valence-electron chi connectivity index (χ1n) is 7.37. The van der Waals surface area contributed by atoms with Crippen LogP contribution in [-0.4, -0.2) is 31.4 Å². The van der Waals surface area contributed by atoms with Gasteiger partial charge in [-0.25, -0.2) is 4.79 Å². The zero-order chi connectivity index (χ0) is 17.4. The summed E-state index contributed by atoms with van der Waals surface area (Å²) >= 11 is 0. The molecule has 0 aliphatic heterocycles. The third-order valence-electron chi connectivity index (χ3n) is 3.07. The van der Waals surface area contributed by atoms with Gasteiger partial charge in [-0.1, -0.05) is 0 Å². The molecule has 6 nitrogen and oxygen atoms in total. The smallest absolute Gasteiger partial charge is 0.338 e. The van der Waals surface area contributed by atoms with E-state index >= 15 is 0 Å². The van der Waals surface area contributed by atoms with Crippen LogP contribution in [0.3, 0.4) is 0 Å². The fourth-order valence-electron chi connectivity index (χ4n) is 1.89. The van der Waals surface area contributed by atoms with Crippen LogP contribution in [0.1, 0.15) is 27.6 Å². The van der Waals surface area contributed by atoms with Gasteiger partial charge in [0.15, 0.2) is 6.61 Å². The summed E-state index contributed by atoms with van der Waals surface area (Å²) in [5.74, 6) is -0.246. The van der Waals surface area contributed by atoms with E-state index in [4.69, 9.17) is 9.47 Å². The van der Waals surface area contributed by atoms with Crippen LogP contribution in [0.2, 0.25) is 0 Å². The number of hydrogen-bond acceptors (Lipinski definition) is 5. The Morgan fingerprint density at radius 1 is 1.04 bits per heavy atom. The highest BCUT2D eigenvalue weighted by atomic mass is 16.5. The molecule has 0 radical (unpaired) electrons. The Bertz CT molecular complexity index is 707. The molecule has 0 unspecified atom stereocenters. The molecule has 0 fully saturated rings. The Morgan fingerprint density at radius 2 is 1.71 bits per heavy atom. The van der Waals surface area contributed by atoms with Crippen LogP contribution >= 0.6 is 0 Å².